The average Bonchev–Trinajstić information content (AvgIpc) is 3.56. The fourth-order valence-corrected chi connectivity index (χ4v) is 5.08. The van der Waals surface area contributed by atoms with Crippen LogP contribution in [0.1, 0.15) is 41.6 Å². The number of pyridine rings is 1. The van der Waals surface area contributed by atoms with Crippen LogP contribution in [0.5, 0.6) is 0 Å². The summed E-state index contributed by atoms with van der Waals surface area (Å²) in [5.74, 6) is 0.226. The highest BCUT2D eigenvalue weighted by molar-refractivity contribution is 5.50. The lowest BCUT2D eigenvalue weighted by atomic mass is 9.74. The van der Waals surface area contributed by atoms with E-state index in [4.69, 9.17) is 4.42 Å². The van der Waals surface area contributed by atoms with Gasteiger partial charge in [0.2, 0.25) is 5.89 Å². The van der Waals surface area contributed by atoms with Crippen LogP contribution in [0.15, 0.2) is 63.9 Å². The molecule has 0 spiro atoms. The molecule has 0 aliphatic carbocycles. The van der Waals surface area contributed by atoms with Crippen molar-refractivity contribution in [1.29, 1.82) is 0 Å². The van der Waals surface area contributed by atoms with Gasteiger partial charge in [0.15, 0.2) is 5.82 Å². The van der Waals surface area contributed by atoms with E-state index < -0.39 is 40.7 Å². The van der Waals surface area contributed by atoms with Crippen LogP contribution in [0.3, 0.4) is 0 Å². The summed E-state index contributed by atoms with van der Waals surface area (Å²) in [4.78, 5) is 17.5. The molecule has 15 heteroatoms. The van der Waals surface area contributed by atoms with Gasteiger partial charge in [-0.1, -0.05) is 18.2 Å². The van der Waals surface area contributed by atoms with Crippen molar-refractivity contribution >= 4 is 11.6 Å². The summed E-state index contributed by atoms with van der Waals surface area (Å²) in [5.41, 5.74) is -2.08. The second-order valence-corrected chi connectivity index (χ2v) is 9.58. The van der Waals surface area contributed by atoms with Gasteiger partial charge in [-0.2, -0.15) is 31.4 Å². The third-order valence-corrected chi connectivity index (χ3v) is 6.93. The Kier molecular flexibility index (Phi) is 7.16. The fourth-order valence-electron chi connectivity index (χ4n) is 5.08. The maximum Gasteiger partial charge on any atom is 0.434 e. The molecule has 1 unspecified atom stereocenters. The number of rotatable bonds is 7. The zero-order valence-electron chi connectivity index (χ0n) is 20.7. The molecule has 1 aliphatic rings. The van der Waals surface area contributed by atoms with Gasteiger partial charge in [0, 0.05) is 37.5 Å². The second kappa shape index (κ2) is 10.4. The van der Waals surface area contributed by atoms with E-state index in [0.717, 1.165) is 23.1 Å². The quantitative estimate of drug-likeness (QED) is 0.266. The van der Waals surface area contributed by atoms with Crippen molar-refractivity contribution in [2.75, 3.05) is 18.4 Å². The van der Waals surface area contributed by atoms with Gasteiger partial charge >= 0.3 is 18.1 Å². The number of nitrogens with zero attached hydrogens (tertiary/aromatic N) is 4. The second-order valence-electron chi connectivity index (χ2n) is 9.58. The summed E-state index contributed by atoms with van der Waals surface area (Å²) < 4.78 is 87.8. The zero-order valence-corrected chi connectivity index (χ0v) is 20.7. The third kappa shape index (κ3) is 5.88. The topological polar surface area (TPSA) is 116 Å². The first kappa shape index (κ1) is 27.4. The average molecular weight is 567 g/mol. The molecule has 0 bridgehead atoms. The number of hydrogen-bond acceptors (Lipinski definition) is 7. The third-order valence-electron chi connectivity index (χ3n) is 6.93. The van der Waals surface area contributed by atoms with Crippen LogP contribution in [-0.4, -0.2) is 49.5 Å². The smallest absolute Gasteiger partial charge is 0.392 e. The Labute approximate surface area is 222 Å². The molecule has 40 heavy (non-hydrogen) atoms. The number of aromatic nitrogens is 5. The lowest BCUT2D eigenvalue weighted by Gasteiger charge is -2.43. The van der Waals surface area contributed by atoms with Crippen LogP contribution in [0.2, 0.25) is 0 Å². The first-order valence-corrected chi connectivity index (χ1v) is 12.2. The van der Waals surface area contributed by atoms with E-state index in [9.17, 15) is 31.1 Å². The number of halogens is 6. The summed E-state index contributed by atoms with van der Waals surface area (Å²) >= 11 is 0. The van der Waals surface area contributed by atoms with Gasteiger partial charge in [0.05, 0.1) is 11.0 Å². The van der Waals surface area contributed by atoms with Gasteiger partial charge < -0.3 is 9.73 Å². The van der Waals surface area contributed by atoms with Crippen LogP contribution >= 0.6 is 0 Å². The minimum Gasteiger partial charge on any atom is -0.392 e. The largest absolute Gasteiger partial charge is 0.434 e. The van der Waals surface area contributed by atoms with Gasteiger partial charge in [-0.25, -0.2) is 14.9 Å². The van der Waals surface area contributed by atoms with Crippen molar-refractivity contribution in [1.82, 2.24) is 30.3 Å². The highest BCUT2D eigenvalue weighted by Crippen LogP contribution is 2.44. The van der Waals surface area contributed by atoms with Crippen molar-refractivity contribution in [3.05, 3.63) is 88.0 Å². The number of benzene rings is 1. The summed E-state index contributed by atoms with van der Waals surface area (Å²) in [6.07, 6.45) is -7.66. The standard InChI is InChI=1S/C25H23F6N7O2/c26-24(27,28)16-4-1-3-15(13-16)20(25(29,30)31)38-11-8-23(9-12-38,21-36-37-22(39)40-21)14-17-5-2-6-18(33-17)34-19-7-10-32-35-19/h1-7,10,13,20H,8-9,11-12,14H2,(H,37,39)(H2,32,33,34,35). The Morgan fingerprint density at radius 1 is 1.00 bits per heavy atom. The highest BCUT2D eigenvalue weighted by atomic mass is 19.4. The van der Waals surface area contributed by atoms with Gasteiger partial charge in [0.25, 0.3) is 0 Å². The van der Waals surface area contributed by atoms with Crippen molar-refractivity contribution < 1.29 is 30.8 Å². The van der Waals surface area contributed by atoms with E-state index >= 15 is 0 Å². The molecular weight excluding hydrogens is 544 g/mol. The molecular formula is C25H23F6N7O2. The molecule has 0 radical (unpaired) electrons. The molecule has 1 saturated heterocycles. The fraction of sp³-hybridized carbons (Fsp3) is 0.360. The molecule has 212 valence electrons. The predicted octanol–water partition coefficient (Wildman–Crippen LogP) is 5.12. The minimum absolute atomic E-state index is 0.0345. The number of H-pyrrole nitrogens is 2. The number of likely N-dealkylation sites (tertiary alicyclic amines) is 1. The lowest BCUT2D eigenvalue weighted by molar-refractivity contribution is -0.191. The van der Waals surface area contributed by atoms with E-state index in [1.165, 1.54) is 0 Å². The molecule has 1 atom stereocenters. The zero-order chi connectivity index (χ0) is 28.5. The Balaban J connectivity index is 1.42. The normalized spacial score (nSPS) is 17.1. The van der Waals surface area contributed by atoms with Crippen LogP contribution < -0.4 is 11.1 Å². The molecule has 3 N–H and O–H groups in total. The lowest BCUT2D eigenvalue weighted by Crippen LogP contribution is -2.48. The molecule has 5 rings (SSSR count). The first-order valence-electron chi connectivity index (χ1n) is 12.2. The molecule has 4 heterocycles. The van der Waals surface area contributed by atoms with Gasteiger partial charge in [-0.3, -0.25) is 10.00 Å². The molecule has 1 aromatic carbocycles. The van der Waals surface area contributed by atoms with Crippen molar-refractivity contribution in [3.8, 4) is 0 Å². The van der Waals surface area contributed by atoms with Crippen LogP contribution in [0, 0.1) is 0 Å². The van der Waals surface area contributed by atoms with Crippen molar-refractivity contribution in [2.45, 2.75) is 43.1 Å². The Morgan fingerprint density at radius 3 is 2.38 bits per heavy atom. The summed E-state index contributed by atoms with van der Waals surface area (Å²) in [5, 5.41) is 15.9. The molecule has 1 fully saturated rings. The van der Waals surface area contributed by atoms with Gasteiger partial charge in [-0.05, 0) is 42.7 Å². The predicted molar refractivity (Wildman–Crippen MR) is 130 cm³/mol. The van der Waals surface area contributed by atoms with Crippen molar-refractivity contribution in [2.24, 2.45) is 0 Å². The van der Waals surface area contributed by atoms with Crippen LogP contribution in [-0.2, 0) is 18.0 Å². The maximum absolute atomic E-state index is 14.3. The number of aromatic amines is 2. The van der Waals surface area contributed by atoms with Crippen LogP contribution in [0.25, 0.3) is 0 Å². The van der Waals surface area contributed by atoms with Crippen LogP contribution in [0.4, 0.5) is 38.0 Å². The van der Waals surface area contributed by atoms with E-state index in [0.29, 0.717) is 23.4 Å². The molecule has 3 aromatic heterocycles. The minimum atomic E-state index is -4.84. The van der Waals surface area contributed by atoms with E-state index in [1.54, 1.807) is 30.5 Å². The molecule has 1 aliphatic heterocycles. The molecule has 0 saturated carbocycles. The Hall–Kier alpha value is -4.14. The summed E-state index contributed by atoms with van der Waals surface area (Å²) in [6, 6.07) is 7.93. The monoisotopic (exact) mass is 567 g/mol. The number of hydrogen-bond donors (Lipinski definition) is 3. The number of alkyl halides is 6. The van der Waals surface area contributed by atoms with E-state index in [1.807, 2.05) is 0 Å². The first-order chi connectivity index (χ1) is 18.9. The van der Waals surface area contributed by atoms with Gasteiger partial charge in [-0.15, -0.1) is 5.10 Å². The molecule has 9 nitrogen and oxygen atoms in total. The Morgan fingerprint density at radius 2 is 1.75 bits per heavy atom. The number of nitrogens with one attached hydrogen (secondary N) is 3. The number of anilines is 2. The maximum atomic E-state index is 14.3. The summed E-state index contributed by atoms with van der Waals surface area (Å²) in [7, 11) is 0. The highest BCUT2D eigenvalue weighted by Gasteiger charge is 2.49. The molecule has 0 amide bonds. The number of piperidine rings is 1. The van der Waals surface area contributed by atoms with Crippen molar-refractivity contribution in [3.63, 3.8) is 0 Å². The SMILES string of the molecule is O=c1[nH]nc(C2(Cc3cccc(Nc4cc[nH]n4)n3)CCN(C(c3cccc(C(F)(F)F)c3)C(F)(F)F)CC2)o1. The summed E-state index contributed by atoms with van der Waals surface area (Å²) in [6.45, 7) is -0.301. The van der Waals surface area contributed by atoms with E-state index in [2.05, 4.69) is 30.7 Å². The Bertz CT molecular complexity index is 1490. The molecule has 4 aromatic rings. The van der Waals surface area contributed by atoms with Gasteiger partial charge in [0.1, 0.15) is 11.9 Å². The van der Waals surface area contributed by atoms with E-state index in [-0.39, 0.29) is 38.2 Å².